The molecule has 0 saturated carbocycles. The number of rotatable bonds is 3. The van der Waals surface area contributed by atoms with Gasteiger partial charge in [0.05, 0.1) is 14.9 Å². The molecule has 3 amide bonds. The standard InChI is InChI=1S/C22H15BrN2O3S/c1-12-6-8-13(9-7-12)24-18(16-10-11-17(23)29-16)19(22(24)28)25-20(26)14-4-2-3-5-15(14)21(25)27/h2-11,18-19H,1H3/t18-,19+/m1/s1. The molecular formula is C22H15BrN2O3S. The van der Waals surface area contributed by atoms with E-state index in [9.17, 15) is 14.4 Å². The molecule has 2 aliphatic heterocycles. The number of hydrogen-bond donors (Lipinski definition) is 0. The van der Waals surface area contributed by atoms with Gasteiger partial charge in [-0.3, -0.25) is 24.2 Å². The maximum atomic E-state index is 13.2. The molecule has 7 heteroatoms. The number of carbonyl (C=O) groups is 3. The van der Waals surface area contributed by atoms with E-state index < -0.39 is 23.9 Å². The van der Waals surface area contributed by atoms with Crippen LogP contribution in [0.5, 0.6) is 0 Å². The third kappa shape index (κ3) is 2.68. The molecule has 0 N–H and O–H groups in total. The summed E-state index contributed by atoms with van der Waals surface area (Å²) in [5.41, 5.74) is 2.55. The van der Waals surface area contributed by atoms with Crippen molar-refractivity contribution in [3.8, 4) is 0 Å². The Morgan fingerprint density at radius 2 is 1.41 bits per heavy atom. The molecule has 5 nitrogen and oxygen atoms in total. The van der Waals surface area contributed by atoms with Crippen LogP contribution in [0.2, 0.25) is 0 Å². The SMILES string of the molecule is Cc1ccc(N2C(=O)[C@@H](N3C(=O)c4ccccc4C3=O)[C@H]2c2ccc(Br)s2)cc1. The van der Waals surface area contributed by atoms with Gasteiger partial charge in [-0.2, -0.15) is 0 Å². The van der Waals surface area contributed by atoms with E-state index in [1.807, 2.05) is 43.3 Å². The summed E-state index contributed by atoms with van der Waals surface area (Å²) in [5.74, 6) is -1.07. The lowest BCUT2D eigenvalue weighted by molar-refractivity contribution is -0.130. The summed E-state index contributed by atoms with van der Waals surface area (Å²) in [6, 6.07) is 17.0. The monoisotopic (exact) mass is 466 g/mol. The molecule has 0 unspecified atom stereocenters. The smallest absolute Gasteiger partial charge is 0.262 e. The van der Waals surface area contributed by atoms with Crippen molar-refractivity contribution >= 4 is 50.7 Å². The van der Waals surface area contributed by atoms with Crippen LogP contribution in [0.1, 0.15) is 37.2 Å². The average molecular weight is 467 g/mol. The Balaban J connectivity index is 1.58. The van der Waals surface area contributed by atoms with Gasteiger partial charge in [-0.25, -0.2) is 0 Å². The largest absolute Gasteiger partial charge is 0.300 e. The van der Waals surface area contributed by atoms with Crippen molar-refractivity contribution in [2.45, 2.75) is 19.0 Å². The van der Waals surface area contributed by atoms with Gasteiger partial charge in [0.15, 0.2) is 0 Å². The maximum Gasteiger partial charge on any atom is 0.262 e. The van der Waals surface area contributed by atoms with E-state index in [0.29, 0.717) is 11.1 Å². The number of benzene rings is 2. The summed E-state index contributed by atoms with van der Waals surface area (Å²) in [7, 11) is 0. The van der Waals surface area contributed by atoms with Crippen LogP contribution in [0.15, 0.2) is 64.5 Å². The van der Waals surface area contributed by atoms with Gasteiger partial charge in [-0.1, -0.05) is 29.8 Å². The van der Waals surface area contributed by atoms with Gasteiger partial charge < -0.3 is 0 Å². The van der Waals surface area contributed by atoms with E-state index in [4.69, 9.17) is 0 Å². The van der Waals surface area contributed by atoms with Gasteiger partial charge in [0.1, 0.15) is 12.1 Å². The minimum atomic E-state index is -0.853. The van der Waals surface area contributed by atoms with E-state index >= 15 is 0 Å². The zero-order valence-electron chi connectivity index (χ0n) is 15.3. The van der Waals surface area contributed by atoms with E-state index in [1.54, 1.807) is 29.2 Å². The summed E-state index contributed by atoms with van der Waals surface area (Å²) in [6.45, 7) is 1.98. The predicted octanol–water partition coefficient (Wildman–Crippen LogP) is 4.57. The first-order chi connectivity index (χ1) is 14.0. The first-order valence-corrected chi connectivity index (χ1v) is 10.7. The molecule has 29 heavy (non-hydrogen) atoms. The van der Waals surface area contributed by atoms with Crippen molar-refractivity contribution in [2.24, 2.45) is 0 Å². The maximum absolute atomic E-state index is 13.2. The second-order valence-electron chi connectivity index (χ2n) is 7.10. The molecule has 3 aromatic rings. The van der Waals surface area contributed by atoms with Crippen LogP contribution in [0.25, 0.3) is 0 Å². The topological polar surface area (TPSA) is 57.7 Å². The second kappa shape index (κ2) is 6.64. The van der Waals surface area contributed by atoms with E-state index in [2.05, 4.69) is 15.9 Å². The summed E-state index contributed by atoms with van der Waals surface area (Å²) in [6.07, 6.45) is 0. The number of hydrogen-bond acceptors (Lipinski definition) is 4. The number of anilines is 1. The van der Waals surface area contributed by atoms with Crippen molar-refractivity contribution in [1.29, 1.82) is 0 Å². The molecule has 5 rings (SSSR count). The van der Waals surface area contributed by atoms with Crippen LogP contribution in [-0.2, 0) is 4.79 Å². The van der Waals surface area contributed by atoms with Gasteiger partial charge in [0.2, 0.25) is 0 Å². The molecule has 0 bridgehead atoms. The van der Waals surface area contributed by atoms with Gasteiger partial charge in [-0.15, -0.1) is 11.3 Å². The fourth-order valence-corrected chi connectivity index (χ4v) is 5.49. The summed E-state index contributed by atoms with van der Waals surface area (Å²) >= 11 is 4.97. The number of thiophene rings is 1. The fourth-order valence-electron chi connectivity index (χ4n) is 3.95. The molecule has 1 aromatic heterocycles. The molecule has 0 spiro atoms. The summed E-state index contributed by atoms with van der Waals surface area (Å²) in [4.78, 5) is 42.9. The van der Waals surface area contributed by atoms with Crippen molar-refractivity contribution < 1.29 is 14.4 Å². The molecule has 2 aliphatic rings. The Labute approximate surface area is 179 Å². The van der Waals surface area contributed by atoms with Gasteiger partial charge in [0.25, 0.3) is 17.7 Å². The molecule has 1 saturated heterocycles. The number of imide groups is 1. The Kier molecular flexibility index (Phi) is 4.18. The zero-order chi connectivity index (χ0) is 20.3. The number of fused-ring (bicyclic) bond motifs is 1. The molecule has 3 heterocycles. The highest BCUT2D eigenvalue weighted by Gasteiger charge is 2.57. The van der Waals surface area contributed by atoms with E-state index in [0.717, 1.165) is 24.8 Å². The highest BCUT2D eigenvalue weighted by atomic mass is 79.9. The van der Waals surface area contributed by atoms with Crippen LogP contribution in [0.4, 0.5) is 5.69 Å². The lowest BCUT2D eigenvalue weighted by Gasteiger charge is -2.49. The quantitative estimate of drug-likeness (QED) is 0.419. The van der Waals surface area contributed by atoms with Crippen molar-refractivity contribution in [1.82, 2.24) is 4.90 Å². The third-order valence-electron chi connectivity index (χ3n) is 5.37. The van der Waals surface area contributed by atoms with Crippen LogP contribution in [0.3, 0.4) is 0 Å². The lowest BCUT2D eigenvalue weighted by atomic mass is 9.90. The van der Waals surface area contributed by atoms with Crippen molar-refractivity contribution in [3.05, 3.63) is 86.0 Å². The summed E-state index contributed by atoms with van der Waals surface area (Å²) in [5, 5.41) is 0. The van der Waals surface area contributed by atoms with Crippen LogP contribution < -0.4 is 4.90 Å². The van der Waals surface area contributed by atoms with Gasteiger partial charge in [0, 0.05) is 10.6 Å². The first-order valence-electron chi connectivity index (χ1n) is 9.09. The Bertz CT molecular complexity index is 1140. The lowest BCUT2D eigenvalue weighted by Crippen LogP contribution is -2.67. The van der Waals surface area contributed by atoms with Crippen LogP contribution >= 0.6 is 27.3 Å². The number of carbonyl (C=O) groups excluding carboxylic acids is 3. The Morgan fingerprint density at radius 3 is 1.97 bits per heavy atom. The Hall–Kier alpha value is -2.77. The molecule has 1 fully saturated rings. The number of β-lactam (4-membered cyclic amide) rings is 1. The fraction of sp³-hybridized carbons (Fsp3) is 0.136. The highest BCUT2D eigenvalue weighted by Crippen LogP contribution is 2.46. The number of amides is 3. The zero-order valence-corrected chi connectivity index (χ0v) is 17.7. The number of nitrogens with zero attached hydrogens (tertiary/aromatic N) is 2. The third-order valence-corrected chi connectivity index (χ3v) is 7.06. The van der Waals surface area contributed by atoms with Gasteiger partial charge in [-0.05, 0) is 59.3 Å². The normalized spacial score (nSPS) is 20.8. The number of halogens is 1. The predicted molar refractivity (Wildman–Crippen MR) is 114 cm³/mol. The van der Waals surface area contributed by atoms with Gasteiger partial charge >= 0.3 is 0 Å². The van der Waals surface area contributed by atoms with E-state index in [1.165, 1.54) is 11.3 Å². The Morgan fingerprint density at radius 1 is 0.793 bits per heavy atom. The molecule has 2 aromatic carbocycles. The molecular weight excluding hydrogens is 452 g/mol. The highest BCUT2D eigenvalue weighted by molar-refractivity contribution is 9.11. The van der Waals surface area contributed by atoms with Crippen LogP contribution in [-0.4, -0.2) is 28.7 Å². The van der Waals surface area contributed by atoms with Crippen molar-refractivity contribution in [3.63, 3.8) is 0 Å². The second-order valence-corrected chi connectivity index (χ2v) is 9.60. The van der Waals surface area contributed by atoms with E-state index in [-0.39, 0.29) is 5.91 Å². The molecule has 0 aliphatic carbocycles. The summed E-state index contributed by atoms with van der Waals surface area (Å²) < 4.78 is 0.928. The average Bonchev–Trinajstić information content (AvgIpc) is 3.24. The first kappa shape index (κ1) is 18.3. The molecule has 0 radical (unpaired) electrons. The number of aryl methyl sites for hydroxylation is 1. The van der Waals surface area contributed by atoms with Crippen molar-refractivity contribution in [2.75, 3.05) is 4.90 Å². The van der Waals surface area contributed by atoms with Crippen LogP contribution in [0, 0.1) is 6.92 Å². The minimum absolute atomic E-state index is 0.252. The molecule has 144 valence electrons. The minimum Gasteiger partial charge on any atom is -0.300 e. The molecule has 2 atom stereocenters.